The second-order valence-electron chi connectivity index (χ2n) is 6.90. The maximum Gasteiger partial charge on any atom is 0.303 e. The fourth-order valence-corrected chi connectivity index (χ4v) is 2.74. The van der Waals surface area contributed by atoms with Gasteiger partial charge in [0.15, 0.2) is 0 Å². The highest BCUT2D eigenvalue weighted by Crippen LogP contribution is 2.29. The Kier molecular flexibility index (Phi) is 6.82. The summed E-state index contributed by atoms with van der Waals surface area (Å²) in [5.41, 5.74) is 0.944. The van der Waals surface area contributed by atoms with Gasteiger partial charge in [0.1, 0.15) is 23.4 Å². The third-order valence-electron chi connectivity index (χ3n) is 4.12. The third kappa shape index (κ3) is 5.57. The summed E-state index contributed by atoms with van der Waals surface area (Å²) < 4.78 is 30.7. The molecule has 0 aliphatic carbocycles. The largest absolute Gasteiger partial charge is 0.493 e. The zero-order valence-electron chi connectivity index (χ0n) is 17.0. The van der Waals surface area contributed by atoms with E-state index in [2.05, 4.69) is 16.2 Å². The zero-order chi connectivity index (χ0) is 22.4. The highest BCUT2D eigenvalue weighted by Gasteiger charge is 2.17. The molecule has 31 heavy (non-hydrogen) atoms. The van der Waals surface area contributed by atoms with Crippen molar-refractivity contribution in [1.29, 1.82) is 5.26 Å². The van der Waals surface area contributed by atoms with Crippen LogP contribution in [0.15, 0.2) is 40.9 Å². The predicted octanol–water partition coefficient (Wildman–Crippen LogP) is 4.45. The van der Waals surface area contributed by atoms with Gasteiger partial charge in [0.2, 0.25) is 5.82 Å². The fraction of sp³-hybridized carbons (Fsp3) is 0.273. The van der Waals surface area contributed by atoms with E-state index < -0.39 is 11.8 Å². The molecule has 0 radical (unpaired) electrons. The van der Waals surface area contributed by atoms with Crippen LogP contribution >= 0.6 is 0 Å². The molecule has 1 heterocycles. The average Bonchev–Trinajstić information content (AvgIpc) is 3.21. The molecule has 0 spiro atoms. The van der Waals surface area contributed by atoms with E-state index in [9.17, 15) is 14.4 Å². The number of hydrogen-bond donors (Lipinski definition) is 1. The Labute approximate surface area is 177 Å². The van der Waals surface area contributed by atoms with Crippen molar-refractivity contribution in [1.82, 2.24) is 10.1 Å². The summed E-state index contributed by atoms with van der Waals surface area (Å²) in [6.07, 6.45) is 0.211. The van der Waals surface area contributed by atoms with Crippen LogP contribution in [-0.4, -0.2) is 33.9 Å². The monoisotopic (exact) mass is 425 g/mol. The minimum atomic E-state index is -0.915. The van der Waals surface area contributed by atoms with Crippen molar-refractivity contribution < 1.29 is 28.3 Å². The molecule has 0 fully saturated rings. The minimum Gasteiger partial charge on any atom is -0.493 e. The van der Waals surface area contributed by atoms with Crippen LogP contribution in [0.2, 0.25) is 0 Å². The molecule has 1 aromatic heterocycles. The molecule has 0 aliphatic rings. The number of ether oxygens (including phenoxy) is 2. The van der Waals surface area contributed by atoms with Crippen LogP contribution in [0.5, 0.6) is 11.5 Å². The molecule has 160 valence electrons. The number of nitrogens with zero attached hydrogens (tertiary/aromatic N) is 3. The number of nitriles is 1. The number of hydrogen-bond acceptors (Lipinski definition) is 7. The fourth-order valence-electron chi connectivity index (χ4n) is 2.74. The molecule has 3 rings (SSSR count). The number of aliphatic carboxylic acids is 1. The van der Waals surface area contributed by atoms with E-state index in [-0.39, 0.29) is 42.2 Å². The lowest BCUT2D eigenvalue weighted by Gasteiger charge is -2.11. The Bertz CT molecular complexity index is 1120. The molecular formula is C22H20FN3O5. The van der Waals surface area contributed by atoms with Gasteiger partial charge in [-0.25, -0.2) is 4.39 Å². The quantitative estimate of drug-likeness (QED) is 0.500. The Morgan fingerprint density at radius 1 is 1.29 bits per heavy atom. The number of benzene rings is 2. The van der Waals surface area contributed by atoms with Gasteiger partial charge in [0, 0.05) is 18.1 Å². The Morgan fingerprint density at radius 3 is 2.77 bits per heavy atom. The number of aromatic nitrogens is 2. The lowest BCUT2D eigenvalue weighted by molar-refractivity contribution is -0.137. The zero-order valence-corrected chi connectivity index (χ0v) is 17.0. The van der Waals surface area contributed by atoms with Gasteiger partial charge in [-0.15, -0.1) is 0 Å². The molecule has 0 unspecified atom stereocenters. The molecule has 0 amide bonds. The Hall–Kier alpha value is -3.93. The van der Waals surface area contributed by atoms with Crippen molar-refractivity contribution in [3.63, 3.8) is 0 Å². The van der Waals surface area contributed by atoms with Gasteiger partial charge in [-0.2, -0.15) is 10.2 Å². The normalized spacial score (nSPS) is 10.7. The van der Waals surface area contributed by atoms with Crippen molar-refractivity contribution >= 4 is 5.97 Å². The van der Waals surface area contributed by atoms with Crippen molar-refractivity contribution in [3.8, 4) is 40.4 Å². The summed E-state index contributed by atoms with van der Waals surface area (Å²) in [6, 6.07) is 11.1. The molecule has 0 saturated carbocycles. The van der Waals surface area contributed by atoms with E-state index in [0.29, 0.717) is 23.3 Å². The summed E-state index contributed by atoms with van der Waals surface area (Å²) in [7, 11) is 0. The van der Waals surface area contributed by atoms with Crippen LogP contribution in [0.4, 0.5) is 4.39 Å². The number of halogens is 1. The Morgan fingerprint density at radius 2 is 2.10 bits per heavy atom. The molecule has 9 heteroatoms. The standard InChI is InChI=1S/C22H20FN3O5/c1-13(2)30-19-8-5-14(10-15(19)12-24)22-25-21(26-31-22)17-7-6-16(11-18(17)23)29-9-3-4-20(27)28/h5-8,10-11,13H,3-4,9H2,1-2H3,(H,27,28). The topological polar surface area (TPSA) is 118 Å². The number of carboxylic acids is 1. The molecule has 0 bridgehead atoms. The Balaban J connectivity index is 1.76. The highest BCUT2D eigenvalue weighted by atomic mass is 19.1. The maximum atomic E-state index is 14.5. The summed E-state index contributed by atoms with van der Waals surface area (Å²) in [6.45, 7) is 3.88. The van der Waals surface area contributed by atoms with Crippen LogP contribution in [0.1, 0.15) is 32.3 Å². The van der Waals surface area contributed by atoms with E-state index in [0.717, 1.165) is 0 Å². The van der Waals surface area contributed by atoms with Gasteiger partial charge in [0.05, 0.1) is 23.8 Å². The van der Waals surface area contributed by atoms with Crippen molar-refractivity contribution in [2.75, 3.05) is 6.61 Å². The number of carbonyl (C=O) groups is 1. The van der Waals surface area contributed by atoms with Gasteiger partial charge >= 0.3 is 5.97 Å². The molecule has 2 aromatic carbocycles. The van der Waals surface area contributed by atoms with Crippen molar-refractivity contribution in [2.45, 2.75) is 32.8 Å². The van der Waals surface area contributed by atoms with E-state index in [1.807, 2.05) is 13.8 Å². The molecule has 1 N–H and O–H groups in total. The first-order valence-corrected chi connectivity index (χ1v) is 9.56. The van der Waals surface area contributed by atoms with Crippen molar-refractivity contribution in [3.05, 3.63) is 47.8 Å². The first kappa shape index (κ1) is 21.8. The van der Waals surface area contributed by atoms with Crippen molar-refractivity contribution in [2.24, 2.45) is 0 Å². The lowest BCUT2D eigenvalue weighted by atomic mass is 10.1. The van der Waals surface area contributed by atoms with Gasteiger partial charge < -0.3 is 19.1 Å². The number of rotatable bonds is 9. The molecular weight excluding hydrogens is 405 g/mol. The van der Waals surface area contributed by atoms with E-state index in [1.165, 1.54) is 12.1 Å². The molecule has 0 saturated heterocycles. The minimum absolute atomic E-state index is 0.0235. The smallest absolute Gasteiger partial charge is 0.303 e. The second-order valence-corrected chi connectivity index (χ2v) is 6.90. The van der Waals surface area contributed by atoms with Gasteiger partial charge in [-0.3, -0.25) is 4.79 Å². The van der Waals surface area contributed by atoms with Gasteiger partial charge in [-0.05, 0) is 50.6 Å². The van der Waals surface area contributed by atoms with E-state index >= 15 is 0 Å². The average molecular weight is 425 g/mol. The first-order chi connectivity index (χ1) is 14.9. The summed E-state index contributed by atoms with van der Waals surface area (Å²) in [5.74, 6) is -0.619. The van der Waals surface area contributed by atoms with Crippen LogP contribution < -0.4 is 9.47 Å². The molecule has 0 atom stereocenters. The highest BCUT2D eigenvalue weighted by molar-refractivity contribution is 5.66. The molecule has 0 aliphatic heterocycles. The molecule has 8 nitrogen and oxygen atoms in total. The SMILES string of the molecule is CC(C)Oc1ccc(-c2nc(-c3ccc(OCCCC(=O)O)cc3F)no2)cc1C#N. The third-order valence-corrected chi connectivity index (χ3v) is 4.12. The van der Waals surface area contributed by atoms with Crippen LogP contribution in [-0.2, 0) is 4.79 Å². The van der Waals surface area contributed by atoms with Crippen LogP contribution in [0.3, 0.4) is 0 Å². The number of carboxylic acid groups (broad SMARTS) is 1. The van der Waals surface area contributed by atoms with Gasteiger partial charge in [-0.1, -0.05) is 5.16 Å². The maximum absolute atomic E-state index is 14.5. The predicted molar refractivity (Wildman–Crippen MR) is 108 cm³/mol. The van der Waals surface area contributed by atoms with Crippen LogP contribution in [0, 0.1) is 17.1 Å². The van der Waals surface area contributed by atoms with E-state index in [1.54, 1.807) is 24.3 Å². The molecule has 3 aromatic rings. The first-order valence-electron chi connectivity index (χ1n) is 9.56. The summed E-state index contributed by atoms with van der Waals surface area (Å²) in [5, 5.41) is 21.8. The second kappa shape index (κ2) is 9.71. The van der Waals surface area contributed by atoms with E-state index in [4.69, 9.17) is 19.1 Å². The summed E-state index contributed by atoms with van der Waals surface area (Å²) >= 11 is 0. The van der Waals surface area contributed by atoms with Crippen LogP contribution in [0.25, 0.3) is 22.8 Å². The summed E-state index contributed by atoms with van der Waals surface area (Å²) in [4.78, 5) is 14.7. The lowest BCUT2D eigenvalue weighted by Crippen LogP contribution is -2.06. The van der Waals surface area contributed by atoms with Gasteiger partial charge in [0.25, 0.3) is 5.89 Å².